The Morgan fingerprint density at radius 1 is 1.24 bits per heavy atom. The van der Waals surface area contributed by atoms with Crippen molar-refractivity contribution in [2.45, 2.75) is 43.9 Å². The summed E-state index contributed by atoms with van der Waals surface area (Å²) in [4.78, 5) is 12.3. The van der Waals surface area contributed by atoms with Crippen LogP contribution in [0, 0.1) is 17.0 Å². The Morgan fingerprint density at radius 2 is 1.90 bits per heavy atom. The second-order valence-electron chi connectivity index (χ2n) is 5.04. The third kappa shape index (κ3) is 3.78. The average molecular weight is 311 g/mol. The number of hydrazone groups is 1. The van der Waals surface area contributed by atoms with E-state index in [2.05, 4.69) is 9.93 Å². The summed E-state index contributed by atoms with van der Waals surface area (Å²) in [6.45, 7) is 1.56. The number of sulfonamides is 1. The molecule has 0 heterocycles. The van der Waals surface area contributed by atoms with Gasteiger partial charge in [-0.1, -0.05) is 12.5 Å². The maximum atomic E-state index is 12.1. The quantitative estimate of drug-likeness (QED) is 0.681. The van der Waals surface area contributed by atoms with E-state index >= 15 is 0 Å². The normalized spacial score (nSPS) is 15.6. The van der Waals surface area contributed by atoms with E-state index in [0.29, 0.717) is 5.56 Å². The van der Waals surface area contributed by atoms with Gasteiger partial charge in [0.15, 0.2) is 0 Å². The molecule has 0 unspecified atom stereocenters. The summed E-state index contributed by atoms with van der Waals surface area (Å²) in [7, 11) is -3.87. The fourth-order valence-electron chi connectivity index (χ4n) is 2.20. The number of nitro groups is 1. The summed E-state index contributed by atoms with van der Waals surface area (Å²) in [6.07, 6.45) is 4.73. The highest BCUT2D eigenvalue weighted by atomic mass is 32.2. The highest BCUT2D eigenvalue weighted by Gasteiger charge is 2.19. The van der Waals surface area contributed by atoms with Crippen molar-refractivity contribution in [3.05, 3.63) is 33.9 Å². The number of nitro benzene ring substituents is 1. The van der Waals surface area contributed by atoms with E-state index in [1.165, 1.54) is 12.1 Å². The lowest BCUT2D eigenvalue weighted by Crippen LogP contribution is -2.21. The standard InChI is InChI=1S/C13H17N3O4S/c1-10-7-8-12(9-13(10)16(17)18)21(19,20)15-14-11-5-3-2-4-6-11/h7-9,15H,2-6H2,1H3. The van der Waals surface area contributed by atoms with Crippen molar-refractivity contribution in [3.8, 4) is 0 Å². The average Bonchev–Trinajstić information content (AvgIpc) is 2.46. The molecule has 0 spiro atoms. The molecule has 0 bridgehead atoms. The van der Waals surface area contributed by atoms with Gasteiger partial charge < -0.3 is 0 Å². The number of rotatable bonds is 4. The van der Waals surface area contributed by atoms with Gasteiger partial charge in [0.2, 0.25) is 0 Å². The molecule has 0 amide bonds. The number of nitrogens with zero attached hydrogens (tertiary/aromatic N) is 2. The number of benzene rings is 1. The summed E-state index contributed by atoms with van der Waals surface area (Å²) in [5.74, 6) is 0. The maximum absolute atomic E-state index is 12.1. The first-order valence-electron chi connectivity index (χ1n) is 6.72. The Balaban J connectivity index is 2.23. The van der Waals surface area contributed by atoms with Gasteiger partial charge in [-0.15, -0.1) is 0 Å². The fourth-order valence-corrected chi connectivity index (χ4v) is 3.07. The van der Waals surface area contributed by atoms with E-state index in [9.17, 15) is 18.5 Å². The molecular formula is C13H17N3O4S. The lowest BCUT2D eigenvalue weighted by Gasteiger charge is -2.12. The van der Waals surface area contributed by atoms with Gasteiger partial charge in [-0.3, -0.25) is 10.1 Å². The molecule has 0 aliphatic heterocycles. The molecule has 0 saturated heterocycles. The van der Waals surface area contributed by atoms with E-state index in [-0.39, 0.29) is 10.6 Å². The van der Waals surface area contributed by atoms with Gasteiger partial charge in [0, 0.05) is 17.3 Å². The van der Waals surface area contributed by atoms with Gasteiger partial charge in [0.1, 0.15) is 0 Å². The molecule has 2 rings (SSSR count). The molecule has 21 heavy (non-hydrogen) atoms. The Morgan fingerprint density at radius 3 is 2.52 bits per heavy atom. The van der Waals surface area contributed by atoms with Gasteiger partial charge in [0.05, 0.1) is 9.82 Å². The second kappa shape index (κ2) is 6.21. The molecule has 0 atom stereocenters. The molecule has 1 aliphatic rings. The van der Waals surface area contributed by atoms with Crippen LogP contribution in [0.1, 0.15) is 37.7 Å². The molecule has 1 saturated carbocycles. The molecule has 1 aromatic rings. The van der Waals surface area contributed by atoms with Crippen LogP contribution in [-0.4, -0.2) is 19.1 Å². The van der Waals surface area contributed by atoms with E-state index in [0.717, 1.165) is 43.9 Å². The molecular weight excluding hydrogens is 294 g/mol. The summed E-state index contributed by atoms with van der Waals surface area (Å²) < 4.78 is 24.2. The van der Waals surface area contributed by atoms with E-state index in [1.807, 2.05) is 0 Å². The van der Waals surface area contributed by atoms with E-state index in [4.69, 9.17) is 0 Å². The van der Waals surface area contributed by atoms with Crippen LogP contribution in [0.3, 0.4) is 0 Å². The van der Waals surface area contributed by atoms with Crippen LogP contribution in [0.2, 0.25) is 0 Å². The second-order valence-corrected chi connectivity index (χ2v) is 6.70. The lowest BCUT2D eigenvalue weighted by atomic mass is 9.99. The van der Waals surface area contributed by atoms with Gasteiger partial charge in [-0.05, 0) is 38.7 Å². The lowest BCUT2D eigenvalue weighted by molar-refractivity contribution is -0.385. The van der Waals surface area contributed by atoms with Crippen LogP contribution >= 0.6 is 0 Å². The minimum Gasteiger partial charge on any atom is -0.258 e. The zero-order chi connectivity index (χ0) is 15.5. The fraction of sp³-hybridized carbons (Fsp3) is 0.462. The van der Waals surface area contributed by atoms with Gasteiger partial charge in [0.25, 0.3) is 15.7 Å². The first-order chi connectivity index (χ1) is 9.90. The minimum atomic E-state index is -3.87. The van der Waals surface area contributed by atoms with Crippen LogP contribution < -0.4 is 4.83 Å². The molecule has 0 radical (unpaired) electrons. The van der Waals surface area contributed by atoms with Crippen LogP contribution in [0.4, 0.5) is 5.69 Å². The van der Waals surface area contributed by atoms with Crippen molar-refractivity contribution >= 4 is 21.4 Å². The Labute approximate surface area is 123 Å². The predicted molar refractivity (Wildman–Crippen MR) is 78.7 cm³/mol. The Kier molecular flexibility index (Phi) is 4.56. The van der Waals surface area contributed by atoms with E-state index in [1.54, 1.807) is 6.92 Å². The third-order valence-corrected chi connectivity index (χ3v) is 4.65. The highest BCUT2D eigenvalue weighted by Crippen LogP contribution is 2.22. The Bertz CT molecular complexity index is 675. The molecule has 0 aromatic heterocycles. The van der Waals surface area contributed by atoms with E-state index < -0.39 is 14.9 Å². The molecule has 1 N–H and O–H groups in total. The summed E-state index contributed by atoms with van der Waals surface area (Å²) in [5, 5.41) is 14.8. The number of nitrogens with one attached hydrogen (secondary N) is 1. The predicted octanol–water partition coefficient (Wildman–Crippen LogP) is 2.50. The van der Waals surface area contributed by atoms with Crippen molar-refractivity contribution in [1.29, 1.82) is 0 Å². The summed E-state index contributed by atoms with van der Waals surface area (Å²) >= 11 is 0. The van der Waals surface area contributed by atoms with Crippen molar-refractivity contribution < 1.29 is 13.3 Å². The van der Waals surface area contributed by atoms with Gasteiger partial charge in [-0.2, -0.15) is 13.5 Å². The maximum Gasteiger partial charge on any atom is 0.276 e. The zero-order valence-electron chi connectivity index (χ0n) is 11.7. The van der Waals surface area contributed by atoms with Crippen LogP contribution in [-0.2, 0) is 10.0 Å². The van der Waals surface area contributed by atoms with Crippen molar-refractivity contribution in [1.82, 2.24) is 4.83 Å². The van der Waals surface area contributed by atoms with Crippen molar-refractivity contribution in [2.75, 3.05) is 0 Å². The molecule has 1 fully saturated rings. The third-order valence-electron chi connectivity index (χ3n) is 3.44. The van der Waals surface area contributed by atoms with Crippen LogP contribution in [0.25, 0.3) is 0 Å². The van der Waals surface area contributed by atoms with Crippen molar-refractivity contribution in [2.24, 2.45) is 5.10 Å². The van der Waals surface area contributed by atoms with Gasteiger partial charge >= 0.3 is 0 Å². The first-order valence-corrected chi connectivity index (χ1v) is 8.21. The number of hydrogen-bond acceptors (Lipinski definition) is 5. The van der Waals surface area contributed by atoms with Crippen LogP contribution in [0.15, 0.2) is 28.2 Å². The highest BCUT2D eigenvalue weighted by molar-refractivity contribution is 7.89. The monoisotopic (exact) mass is 311 g/mol. The zero-order valence-corrected chi connectivity index (χ0v) is 12.5. The summed E-state index contributed by atoms with van der Waals surface area (Å²) in [6, 6.07) is 3.81. The van der Waals surface area contributed by atoms with Gasteiger partial charge in [-0.25, -0.2) is 4.83 Å². The largest absolute Gasteiger partial charge is 0.276 e. The molecule has 1 aromatic carbocycles. The number of aryl methyl sites for hydroxylation is 1. The first kappa shape index (κ1) is 15.4. The SMILES string of the molecule is Cc1ccc(S(=O)(=O)NN=C2CCCCC2)cc1[N+](=O)[O-]. The Hall–Kier alpha value is -1.96. The molecule has 114 valence electrons. The smallest absolute Gasteiger partial charge is 0.258 e. The molecule has 1 aliphatic carbocycles. The molecule has 7 nitrogen and oxygen atoms in total. The topological polar surface area (TPSA) is 102 Å². The molecule has 8 heteroatoms. The number of hydrogen-bond donors (Lipinski definition) is 1. The summed E-state index contributed by atoms with van der Waals surface area (Å²) in [5.41, 5.74) is 1.02. The van der Waals surface area contributed by atoms with Crippen molar-refractivity contribution in [3.63, 3.8) is 0 Å². The van der Waals surface area contributed by atoms with Crippen LogP contribution in [0.5, 0.6) is 0 Å². The minimum absolute atomic E-state index is 0.153.